The van der Waals surface area contributed by atoms with Gasteiger partial charge in [0.2, 0.25) is 0 Å². The zero-order valence-electron chi connectivity index (χ0n) is 8.63. The molecule has 2 fully saturated rings. The van der Waals surface area contributed by atoms with E-state index in [9.17, 15) is 9.90 Å². The monoisotopic (exact) mass is 248 g/mol. The van der Waals surface area contributed by atoms with Gasteiger partial charge in [-0.05, 0) is 7.72 Å². The largest absolute Gasteiger partial charge is 0.462 e. The summed E-state index contributed by atoms with van der Waals surface area (Å²) in [6, 6.07) is 0. The Bertz CT molecular complexity index is 263. The molecule has 0 aromatic carbocycles. The van der Waals surface area contributed by atoms with Crippen LogP contribution in [0.1, 0.15) is 12.8 Å². The molecule has 1 saturated carbocycles. The van der Waals surface area contributed by atoms with Gasteiger partial charge in [0.05, 0.1) is 12.5 Å². The van der Waals surface area contributed by atoms with E-state index in [0.717, 1.165) is 6.42 Å². The Morgan fingerprint density at radius 1 is 1.73 bits per heavy atom. The fourth-order valence-electron chi connectivity index (χ4n) is 2.55. The van der Waals surface area contributed by atoms with Gasteiger partial charge in [0.15, 0.2) is 7.57 Å². The number of aliphatic hydroxyl groups excluding tert-OH is 1. The van der Waals surface area contributed by atoms with Crippen LogP contribution < -0.4 is 0 Å². The van der Waals surface area contributed by atoms with Crippen LogP contribution >= 0.6 is 16.6 Å². The number of aliphatic hydroxyl groups is 1. The van der Waals surface area contributed by atoms with Crippen molar-refractivity contribution in [1.82, 2.24) is 0 Å². The molecule has 0 amide bonds. The molecular formula is C8H15BO4P2. The average Bonchev–Trinajstić information content (AvgIpc) is 2.59. The first-order valence-corrected chi connectivity index (χ1v) is 8.40. The van der Waals surface area contributed by atoms with Crippen LogP contribution in [0.15, 0.2) is 0 Å². The van der Waals surface area contributed by atoms with Crippen molar-refractivity contribution in [3.05, 3.63) is 0 Å². The van der Waals surface area contributed by atoms with E-state index in [1.54, 1.807) is 0 Å². The molecule has 2 unspecified atom stereocenters. The lowest BCUT2D eigenvalue weighted by Gasteiger charge is -2.22. The highest BCUT2D eigenvalue weighted by molar-refractivity contribution is 8.23. The zero-order valence-corrected chi connectivity index (χ0v) is 10.7. The number of esters is 1. The molecule has 2 aliphatic rings. The lowest BCUT2D eigenvalue weighted by Crippen LogP contribution is -2.24. The highest BCUT2D eigenvalue weighted by Gasteiger charge is 2.50. The summed E-state index contributed by atoms with van der Waals surface area (Å²) in [7, 11) is 4.14. The van der Waals surface area contributed by atoms with E-state index >= 15 is 0 Å². The van der Waals surface area contributed by atoms with Gasteiger partial charge in [-0.15, -0.1) is 0 Å². The summed E-state index contributed by atoms with van der Waals surface area (Å²) in [5.41, 5.74) is 0. The van der Waals surface area contributed by atoms with Gasteiger partial charge in [0, 0.05) is 24.9 Å². The molecule has 4 nitrogen and oxygen atoms in total. The maximum absolute atomic E-state index is 11.1. The topological polar surface area (TPSA) is 55.8 Å². The molecule has 1 N–H and O–H groups in total. The molecule has 6 atom stereocenters. The summed E-state index contributed by atoms with van der Waals surface area (Å²) < 4.78 is 11.0. The lowest BCUT2D eigenvalue weighted by atomic mass is 9.93. The van der Waals surface area contributed by atoms with E-state index in [1.807, 2.05) is 7.57 Å². The second-order valence-corrected chi connectivity index (χ2v) is 7.65. The summed E-state index contributed by atoms with van der Waals surface area (Å²) in [5.74, 6) is 0.0888. The Morgan fingerprint density at radius 2 is 2.47 bits per heavy atom. The molecule has 1 saturated heterocycles. The average molecular weight is 248 g/mol. The lowest BCUT2D eigenvalue weighted by molar-refractivity contribution is -0.141. The van der Waals surface area contributed by atoms with Crippen molar-refractivity contribution < 1.29 is 19.2 Å². The summed E-state index contributed by atoms with van der Waals surface area (Å²) in [5, 5.41) is 9.34. The molecule has 2 rings (SSSR count). The molecule has 0 spiro atoms. The molecule has 15 heavy (non-hydrogen) atoms. The van der Waals surface area contributed by atoms with E-state index in [4.69, 9.17) is 9.26 Å². The molecule has 1 aliphatic heterocycles. The molecule has 1 aliphatic carbocycles. The number of carbonyl (C=O) groups is 1. The minimum Gasteiger partial charge on any atom is -0.462 e. The fraction of sp³-hybridized carbons (Fsp3) is 0.875. The van der Waals surface area contributed by atoms with Crippen molar-refractivity contribution in [2.24, 2.45) is 11.8 Å². The molecule has 0 aromatic rings. The highest BCUT2D eigenvalue weighted by atomic mass is 32.0. The molecule has 0 aromatic heterocycles. The second-order valence-electron chi connectivity index (χ2n) is 4.17. The molecular weight excluding hydrogens is 233 g/mol. The first kappa shape index (κ1) is 11.8. The maximum atomic E-state index is 11.1. The number of carbonyl (C=O) groups excluding carboxylic acids is 1. The number of hydrogen-bond donors (Lipinski definition) is 1. The van der Waals surface area contributed by atoms with Crippen molar-refractivity contribution in [1.29, 1.82) is 0 Å². The van der Waals surface area contributed by atoms with Crippen molar-refractivity contribution in [2.45, 2.75) is 25.0 Å². The Hall–Kier alpha value is 0.315. The van der Waals surface area contributed by atoms with Gasteiger partial charge in [-0.25, -0.2) is 0 Å². The Balaban J connectivity index is 2.03. The van der Waals surface area contributed by atoms with E-state index in [-0.39, 0.29) is 36.6 Å². The third-order valence-corrected chi connectivity index (χ3v) is 4.14. The minimum absolute atomic E-state index is 0.0281. The van der Waals surface area contributed by atoms with E-state index < -0.39 is 7.72 Å². The predicted octanol–water partition coefficient (Wildman–Crippen LogP) is 0.0506. The third kappa shape index (κ3) is 2.36. The second kappa shape index (κ2) is 4.67. The van der Waals surface area contributed by atoms with Gasteiger partial charge in [-0.3, -0.25) is 4.79 Å². The van der Waals surface area contributed by atoms with Gasteiger partial charge in [-0.1, -0.05) is 8.93 Å². The minimum atomic E-state index is -0.509. The van der Waals surface area contributed by atoms with Crippen molar-refractivity contribution in [3.63, 3.8) is 0 Å². The number of rotatable bonds is 3. The van der Waals surface area contributed by atoms with Crippen LogP contribution in [-0.2, 0) is 14.1 Å². The SMILES string of the molecule is BP(P)O[C@@H]1C[C@@H]2OC(=O)C[C@@H]2[C@H]1CO. The quantitative estimate of drug-likeness (QED) is 0.435. The fourth-order valence-corrected chi connectivity index (χ4v) is 3.68. The van der Waals surface area contributed by atoms with Crippen molar-refractivity contribution in [3.8, 4) is 0 Å². The third-order valence-electron chi connectivity index (χ3n) is 3.17. The maximum Gasteiger partial charge on any atom is 0.306 e. The van der Waals surface area contributed by atoms with Gasteiger partial charge in [-0.2, -0.15) is 0 Å². The van der Waals surface area contributed by atoms with Crippen LogP contribution in [0.25, 0.3) is 0 Å². The van der Waals surface area contributed by atoms with Gasteiger partial charge in [0.1, 0.15) is 6.10 Å². The Kier molecular flexibility index (Phi) is 3.67. The smallest absolute Gasteiger partial charge is 0.306 e. The molecule has 0 bridgehead atoms. The normalized spacial score (nSPS) is 41.3. The van der Waals surface area contributed by atoms with Gasteiger partial charge >= 0.3 is 5.97 Å². The molecule has 7 heteroatoms. The van der Waals surface area contributed by atoms with E-state index in [2.05, 4.69) is 8.93 Å². The first-order chi connectivity index (χ1) is 7.11. The van der Waals surface area contributed by atoms with Crippen LogP contribution in [0.3, 0.4) is 0 Å². The number of hydrogen-bond acceptors (Lipinski definition) is 4. The van der Waals surface area contributed by atoms with E-state index in [1.165, 1.54) is 0 Å². The predicted molar refractivity (Wildman–Crippen MR) is 63.2 cm³/mol. The summed E-state index contributed by atoms with van der Waals surface area (Å²) >= 11 is 0. The Labute approximate surface area is 93.4 Å². The number of ether oxygens (including phenoxy) is 1. The first-order valence-electron chi connectivity index (χ1n) is 5.07. The number of fused-ring (bicyclic) bond motifs is 1. The van der Waals surface area contributed by atoms with Crippen molar-refractivity contribution >= 4 is 30.2 Å². The van der Waals surface area contributed by atoms with Crippen LogP contribution in [0.2, 0.25) is 0 Å². The highest BCUT2D eigenvalue weighted by Crippen LogP contribution is 2.49. The van der Waals surface area contributed by atoms with Crippen LogP contribution in [0.5, 0.6) is 0 Å². The van der Waals surface area contributed by atoms with Gasteiger partial charge < -0.3 is 14.4 Å². The molecule has 1 heterocycles. The molecule has 84 valence electrons. The summed E-state index contributed by atoms with van der Waals surface area (Å²) in [6.45, 7) is 0.0797. The Morgan fingerprint density at radius 3 is 3.07 bits per heavy atom. The zero-order chi connectivity index (χ0) is 11.0. The van der Waals surface area contributed by atoms with Crippen LogP contribution in [-0.4, -0.2) is 37.5 Å². The summed E-state index contributed by atoms with van der Waals surface area (Å²) in [4.78, 5) is 11.1. The van der Waals surface area contributed by atoms with Crippen LogP contribution in [0, 0.1) is 11.8 Å². The van der Waals surface area contributed by atoms with Crippen LogP contribution in [0.4, 0.5) is 0 Å². The van der Waals surface area contributed by atoms with Crippen molar-refractivity contribution in [2.75, 3.05) is 6.61 Å². The standard InChI is InChI=1S/C8H15BO4P2/c9-15(14)13-7-2-6-4(5(7)3-10)1-8(11)12-6/h4-7,10H,1-3,9,14H2/t4-,5-,6+,7-,15?/m1/s1. The molecule has 0 radical (unpaired) electrons. The summed E-state index contributed by atoms with van der Waals surface area (Å²) in [6.07, 6.45) is 1.20. The van der Waals surface area contributed by atoms with Gasteiger partial charge in [0.25, 0.3) is 0 Å². The van der Waals surface area contributed by atoms with E-state index in [0.29, 0.717) is 6.42 Å².